The predicted molar refractivity (Wildman–Crippen MR) is 133 cm³/mol. The third kappa shape index (κ3) is 6.68. The van der Waals surface area contributed by atoms with Crippen LogP contribution in [0.5, 0.6) is 0 Å². The van der Waals surface area contributed by atoms with Gasteiger partial charge in [0.05, 0.1) is 5.56 Å². The number of hydrogen-bond donors (Lipinski definition) is 2. The number of hydrogen-bond acceptors (Lipinski definition) is 4. The molecular formula is C25H34ClN5O2. The van der Waals surface area contributed by atoms with Crippen molar-refractivity contribution in [2.75, 3.05) is 25.0 Å². The van der Waals surface area contributed by atoms with Crippen molar-refractivity contribution in [1.82, 2.24) is 20.1 Å². The molecule has 8 heteroatoms. The highest BCUT2D eigenvalue weighted by atomic mass is 35.5. The average Bonchev–Trinajstić information content (AvgIpc) is 2.70. The maximum Gasteiger partial charge on any atom is 0.318 e. The molecule has 0 saturated carbocycles. The minimum Gasteiger partial charge on any atom is -0.333 e. The van der Waals surface area contributed by atoms with Gasteiger partial charge >= 0.3 is 6.03 Å². The standard InChI is InChI=1S/C25H34ClN5O2/c1-16-7-8-19(13-27-16)23(32)28-22-12-21(26)11-20(18(22)3)15-30-9-10-31(17(2)14-30)24(33)29-25(4,5)6/h7-8,11-13,17H,9-10,14-15H2,1-6H3,(H,28,32)(H,29,33). The Bertz CT molecular complexity index is 1020. The molecule has 1 unspecified atom stereocenters. The molecular weight excluding hydrogens is 438 g/mol. The molecule has 1 atom stereocenters. The van der Waals surface area contributed by atoms with Gasteiger partial charge in [-0.15, -0.1) is 0 Å². The lowest BCUT2D eigenvalue weighted by Crippen LogP contribution is -2.58. The first-order valence-electron chi connectivity index (χ1n) is 11.3. The lowest BCUT2D eigenvalue weighted by Gasteiger charge is -2.41. The number of urea groups is 1. The molecule has 33 heavy (non-hydrogen) atoms. The predicted octanol–water partition coefficient (Wildman–Crippen LogP) is 4.62. The Balaban J connectivity index is 1.68. The summed E-state index contributed by atoms with van der Waals surface area (Å²) in [5, 5.41) is 6.60. The molecule has 0 aliphatic carbocycles. The van der Waals surface area contributed by atoms with E-state index in [0.29, 0.717) is 29.4 Å². The number of piperazine rings is 1. The maximum atomic E-state index is 12.7. The average molecular weight is 472 g/mol. The van der Waals surface area contributed by atoms with Crippen LogP contribution in [-0.4, -0.2) is 57.9 Å². The van der Waals surface area contributed by atoms with Gasteiger partial charge < -0.3 is 15.5 Å². The molecule has 1 aromatic carbocycles. The molecule has 2 N–H and O–H groups in total. The molecule has 178 valence electrons. The molecule has 0 bridgehead atoms. The van der Waals surface area contributed by atoms with E-state index in [1.165, 1.54) is 0 Å². The number of nitrogens with zero attached hydrogens (tertiary/aromatic N) is 3. The molecule has 2 aromatic rings. The maximum absolute atomic E-state index is 12.7. The topological polar surface area (TPSA) is 77.6 Å². The zero-order chi connectivity index (χ0) is 24.3. The van der Waals surface area contributed by atoms with E-state index in [4.69, 9.17) is 11.6 Å². The van der Waals surface area contributed by atoms with E-state index >= 15 is 0 Å². The van der Waals surface area contributed by atoms with Crippen LogP contribution in [0.1, 0.15) is 54.9 Å². The molecule has 7 nitrogen and oxygen atoms in total. The van der Waals surface area contributed by atoms with Crippen molar-refractivity contribution >= 4 is 29.2 Å². The number of aromatic nitrogens is 1. The Morgan fingerprint density at radius 2 is 1.91 bits per heavy atom. The Morgan fingerprint density at radius 3 is 2.52 bits per heavy atom. The summed E-state index contributed by atoms with van der Waals surface area (Å²) in [7, 11) is 0. The monoisotopic (exact) mass is 471 g/mol. The van der Waals surface area contributed by atoms with E-state index in [1.54, 1.807) is 18.3 Å². The second-order valence-electron chi connectivity index (χ2n) is 9.84. The first-order valence-corrected chi connectivity index (χ1v) is 11.6. The van der Waals surface area contributed by atoms with Crippen molar-refractivity contribution < 1.29 is 9.59 Å². The van der Waals surface area contributed by atoms with Crippen molar-refractivity contribution in [2.24, 2.45) is 0 Å². The van der Waals surface area contributed by atoms with Crippen LogP contribution in [0.25, 0.3) is 0 Å². The van der Waals surface area contributed by atoms with Gasteiger partial charge in [0.25, 0.3) is 5.91 Å². The van der Waals surface area contributed by atoms with Crippen LogP contribution in [0.2, 0.25) is 5.02 Å². The highest BCUT2D eigenvalue weighted by Gasteiger charge is 2.29. The van der Waals surface area contributed by atoms with Gasteiger partial charge in [0.15, 0.2) is 0 Å². The minimum atomic E-state index is -0.263. The Morgan fingerprint density at radius 1 is 1.18 bits per heavy atom. The first-order chi connectivity index (χ1) is 15.4. The summed E-state index contributed by atoms with van der Waals surface area (Å²) >= 11 is 6.40. The summed E-state index contributed by atoms with van der Waals surface area (Å²) in [5.41, 5.74) is 3.83. The van der Waals surface area contributed by atoms with Gasteiger partial charge in [-0.2, -0.15) is 0 Å². The summed E-state index contributed by atoms with van der Waals surface area (Å²) in [6, 6.07) is 7.36. The number of aryl methyl sites for hydroxylation is 1. The number of carbonyl (C=O) groups excluding carboxylic acids is 2. The highest BCUT2D eigenvalue weighted by Crippen LogP contribution is 2.27. The SMILES string of the molecule is Cc1ccc(C(=O)Nc2cc(Cl)cc(CN3CCN(C(=O)NC(C)(C)C)C(C)C3)c2C)cn1. The number of nitrogens with one attached hydrogen (secondary N) is 2. The van der Waals surface area contributed by atoms with Gasteiger partial charge in [-0.05, 0) is 76.9 Å². The molecule has 1 saturated heterocycles. The largest absolute Gasteiger partial charge is 0.333 e. The molecule has 1 aromatic heterocycles. The fraction of sp³-hybridized carbons (Fsp3) is 0.480. The van der Waals surface area contributed by atoms with Crippen LogP contribution in [0.15, 0.2) is 30.5 Å². The Hall–Kier alpha value is -2.64. The summed E-state index contributed by atoms with van der Waals surface area (Å²) in [6.45, 7) is 14.8. The third-order valence-electron chi connectivity index (χ3n) is 5.75. The highest BCUT2D eigenvalue weighted by molar-refractivity contribution is 6.31. The van der Waals surface area contributed by atoms with E-state index in [9.17, 15) is 9.59 Å². The van der Waals surface area contributed by atoms with Gasteiger partial charge in [-0.25, -0.2) is 4.79 Å². The molecule has 1 fully saturated rings. The van der Waals surface area contributed by atoms with Crippen LogP contribution < -0.4 is 10.6 Å². The quantitative estimate of drug-likeness (QED) is 0.682. The molecule has 0 spiro atoms. The normalized spacial score (nSPS) is 17.1. The third-order valence-corrected chi connectivity index (χ3v) is 5.97. The van der Waals surface area contributed by atoms with Gasteiger partial charge in [0.2, 0.25) is 0 Å². The molecule has 0 radical (unpaired) electrons. The zero-order valence-electron chi connectivity index (χ0n) is 20.3. The number of anilines is 1. The van der Waals surface area contributed by atoms with Crippen LogP contribution in [-0.2, 0) is 6.54 Å². The van der Waals surface area contributed by atoms with E-state index < -0.39 is 0 Å². The van der Waals surface area contributed by atoms with Gasteiger partial charge in [0, 0.05) is 60.4 Å². The van der Waals surface area contributed by atoms with Crippen molar-refractivity contribution in [1.29, 1.82) is 0 Å². The smallest absolute Gasteiger partial charge is 0.318 e. The molecule has 1 aliphatic rings. The minimum absolute atomic E-state index is 0.0239. The molecule has 3 rings (SSSR count). The van der Waals surface area contributed by atoms with E-state index in [2.05, 4.69) is 27.4 Å². The lowest BCUT2D eigenvalue weighted by molar-refractivity contribution is 0.0941. The van der Waals surface area contributed by atoms with Crippen LogP contribution in [0.3, 0.4) is 0 Å². The second-order valence-corrected chi connectivity index (χ2v) is 10.3. The second kappa shape index (κ2) is 10.1. The summed E-state index contributed by atoms with van der Waals surface area (Å²) in [6.07, 6.45) is 1.57. The number of pyridine rings is 1. The van der Waals surface area contributed by atoms with Crippen LogP contribution in [0, 0.1) is 13.8 Å². The Labute approximate surface area is 201 Å². The van der Waals surface area contributed by atoms with Gasteiger partial charge in [-0.3, -0.25) is 14.7 Å². The number of rotatable bonds is 4. The fourth-order valence-electron chi connectivity index (χ4n) is 3.94. The van der Waals surface area contributed by atoms with E-state index in [1.807, 2.05) is 51.7 Å². The summed E-state index contributed by atoms with van der Waals surface area (Å²) in [4.78, 5) is 33.7. The number of halogens is 1. The fourth-order valence-corrected chi connectivity index (χ4v) is 4.18. The first kappa shape index (κ1) is 25.0. The number of amides is 3. The van der Waals surface area contributed by atoms with Crippen LogP contribution in [0.4, 0.5) is 10.5 Å². The van der Waals surface area contributed by atoms with Gasteiger partial charge in [0.1, 0.15) is 0 Å². The summed E-state index contributed by atoms with van der Waals surface area (Å²) < 4.78 is 0. The number of carbonyl (C=O) groups is 2. The van der Waals surface area contributed by atoms with Crippen molar-refractivity contribution in [3.05, 3.63) is 57.9 Å². The van der Waals surface area contributed by atoms with E-state index in [0.717, 1.165) is 29.9 Å². The molecule has 2 heterocycles. The Kier molecular flexibility index (Phi) is 7.65. The number of benzene rings is 1. The van der Waals surface area contributed by atoms with E-state index in [-0.39, 0.29) is 23.5 Å². The zero-order valence-corrected chi connectivity index (χ0v) is 21.1. The lowest BCUT2D eigenvalue weighted by atomic mass is 10.0. The van der Waals surface area contributed by atoms with Crippen molar-refractivity contribution in [3.8, 4) is 0 Å². The van der Waals surface area contributed by atoms with Crippen LogP contribution >= 0.6 is 11.6 Å². The van der Waals surface area contributed by atoms with Gasteiger partial charge in [-0.1, -0.05) is 11.6 Å². The van der Waals surface area contributed by atoms with Crippen molar-refractivity contribution in [3.63, 3.8) is 0 Å². The molecule has 1 aliphatic heterocycles. The molecule has 3 amide bonds. The van der Waals surface area contributed by atoms with Crippen molar-refractivity contribution in [2.45, 2.75) is 59.7 Å². The summed E-state index contributed by atoms with van der Waals surface area (Å²) in [5.74, 6) is -0.217.